The van der Waals surface area contributed by atoms with Crippen LogP contribution in [0.2, 0.25) is 0 Å². The maximum atomic E-state index is 11.7. The molecule has 2 rings (SSSR count). The number of nitrogens with one attached hydrogen (secondary N) is 1. The summed E-state index contributed by atoms with van der Waals surface area (Å²) in [6.45, 7) is 5.67. The van der Waals surface area contributed by atoms with Gasteiger partial charge in [0.05, 0.1) is 5.69 Å². The number of aliphatic imine (C=N–C) groups is 1. The molecular weight excluding hydrogens is 252 g/mol. The molecule has 20 heavy (non-hydrogen) atoms. The van der Waals surface area contributed by atoms with Crippen LogP contribution >= 0.6 is 0 Å². The number of carbonyl (C=O) groups is 1. The number of rotatable bonds is 4. The third kappa shape index (κ3) is 3.68. The molecule has 4 heteroatoms. The van der Waals surface area contributed by atoms with Crippen molar-refractivity contribution in [3.05, 3.63) is 59.7 Å². The molecular formula is C16H16N2O2. The van der Waals surface area contributed by atoms with Crippen molar-refractivity contribution in [2.24, 2.45) is 4.99 Å². The van der Waals surface area contributed by atoms with Crippen LogP contribution < -0.4 is 5.32 Å². The SMILES string of the molecule is C=Nc1cc(NC(=O)OCc2ccccc2)ccc1C. The summed E-state index contributed by atoms with van der Waals surface area (Å²) in [5, 5.41) is 2.67. The summed E-state index contributed by atoms with van der Waals surface area (Å²) in [4.78, 5) is 15.6. The summed E-state index contributed by atoms with van der Waals surface area (Å²) in [5.74, 6) is 0. The van der Waals surface area contributed by atoms with Crippen LogP contribution in [0.3, 0.4) is 0 Å². The fourth-order valence-corrected chi connectivity index (χ4v) is 1.73. The van der Waals surface area contributed by atoms with Gasteiger partial charge in [-0.3, -0.25) is 10.3 Å². The Labute approximate surface area is 118 Å². The van der Waals surface area contributed by atoms with E-state index >= 15 is 0 Å². The first kappa shape index (κ1) is 13.8. The van der Waals surface area contributed by atoms with Gasteiger partial charge in [-0.05, 0) is 36.9 Å². The Morgan fingerprint density at radius 2 is 2.00 bits per heavy atom. The van der Waals surface area contributed by atoms with Gasteiger partial charge in [-0.1, -0.05) is 36.4 Å². The van der Waals surface area contributed by atoms with E-state index in [4.69, 9.17) is 4.74 Å². The van der Waals surface area contributed by atoms with Gasteiger partial charge in [0.1, 0.15) is 6.61 Å². The molecule has 0 saturated heterocycles. The Kier molecular flexibility index (Phi) is 4.50. The second-order valence-electron chi connectivity index (χ2n) is 4.35. The van der Waals surface area contributed by atoms with Crippen molar-refractivity contribution in [2.75, 3.05) is 5.32 Å². The molecule has 1 N–H and O–H groups in total. The monoisotopic (exact) mass is 268 g/mol. The lowest BCUT2D eigenvalue weighted by Crippen LogP contribution is -2.13. The molecule has 0 aliphatic rings. The lowest BCUT2D eigenvalue weighted by molar-refractivity contribution is 0.155. The Hall–Kier alpha value is -2.62. The van der Waals surface area contributed by atoms with E-state index in [-0.39, 0.29) is 6.61 Å². The zero-order valence-electron chi connectivity index (χ0n) is 11.3. The first-order valence-electron chi connectivity index (χ1n) is 6.24. The lowest BCUT2D eigenvalue weighted by atomic mass is 10.2. The van der Waals surface area contributed by atoms with Crippen molar-refractivity contribution in [3.63, 3.8) is 0 Å². The van der Waals surface area contributed by atoms with E-state index in [1.807, 2.05) is 43.3 Å². The van der Waals surface area contributed by atoms with Crippen LogP contribution in [0.5, 0.6) is 0 Å². The zero-order valence-corrected chi connectivity index (χ0v) is 11.3. The normalized spacial score (nSPS) is 9.85. The minimum Gasteiger partial charge on any atom is -0.444 e. The fraction of sp³-hybridized carbons (Fsp3) is 0.125. The van der Waals surface area contributed by atoms with Crippen LogP contribution in [0.15, 0.2) is 53.5 Å². The van der Waals surface area contributed by atoms with Gasteiger partial charge in [-0.25, -0.2) is 4.79 Å². The van der Waals surface area contributed by atoms with Gasteiger partial charge in [-0.15, -0.1) is 0 Å². The summed E-state index contributed by atoms with van der Waals surface area (Å²) in [7, 11) is 0. The summed E-state index contributed by atoms with van der Waals surface area (Å²) >= 11 is 0. The number of hydrogen-bond acceptors (Lipinski definition) is 3. The van der Waals surface area contributed by atoms with Crippen LogP contribution in [-0.4, -0.2) is 12.8 Å². The highest BCUT2D eigenvalue weighted by Gasteiger charge is 2.05. The number of amides is 1. The standard InChI is InChI=1S/C16H16N2O2/c1-12-8-9-14(10-15(12)17-2)18-16(19)20-11-13-6-4-3-5-7-13/h3-10H,2,11H2,1H3,(H,18,19). The average Bonchev–Trinajstić information content (AvgIpc) is 2.48. The molecule has 0 bridgehead atoms. The van der Waals surface area contributed by atoms with Gasteiger partial charge in [0.25, 0.3) is 0 Å². The number of aryl methyl sites for hydroxylation is 1. The van der Waals surface area contributed by atoms with Crippen LogP contribution in [0, 0.1) is 6.92 Å². The van der Waals surface area contributed by atoms with Gasteiger partial charge < -0.3 is 4.74 Å². The Bertz CT molecular complexity index is 609. The van der Waals surface area contributed by atoms with E-state index in [1.54, 1.807) is 12.1 Å². The van der Waals surface area contributed by atoms with Gasteiger partial charge in [0, 0.05) is 5.69 Å². The molecule has 102 valence electrons. The molecule has 0 aliphatic heterocycles. The summed E-state index contributed by atoms with van der Waals surface area (Å²) < 4.78 is 5.14. The van der Waals surface area contributed by atoms with Crippen molar-refractivity contribution in [1.29, 1.82) is 0 Å². The Balaban J connectivity index is 1.93. The number of carbonyl (C=O) groups excluding carboxylic acids is 1. The average molecular weight is 268 g/mol. The minimum absolute atomic E-state index is 0.241. The van der Waals surface area contributed by atoms with Crippen LogP contribution in [0.25, 0.3) is 0 Å². The smallest absolute Gasteiger partial charge is 0.411 e. The molecule has 4 nitrogen and oxygen atoms in total. The van der Waals surface area contributed by atoms with E-state index < -0.39 is 6.09 Å². The highest BCUT2D eigenvalue weighted by atomic mass is 16.5. The molecule has 0 radical (unpaired) electrons. The molecule has 0 spiro atoms. The summed E-state index contributed by atoms with van der Waals surface area (Å²) in [5.41, 5.74) is 3.32. The Morgan fingerprint density at radius 3 is 2.70 bits per heavy atom. The number of nitrogens with zero attached hydrogens (tertiary/aromatic N) is 1. The van der Waals surface area contributed by atoms with Crippen molar-refractivity contribution < 1.29 is 9.53 Å². The molecule has 0 saturated carbocycles. The number of benzene rings is 2. The van der Waals surface area contributed by atoms with E-state index in [2.05, 4.69) is 17.0 Å². The van der Waals surface area contributed by atoms with Crippen LogP contribution in [0.4, 0.5) is 16.2 Å². The molecule has 0 aromatic heterocycles. The molecule has 2 aromatic carbocycles. The minimum atomic E-state index is -0.493. The number of ether oxygens (including phenoxy) is 1. The van der Waals surface area contributed by atoms with Crippen molar-refractivity contribution >= 4 is 24.2 Å². The zero-order chi connectivity index (χ0) is 14.4. The fourth-order valence-electron chi connectivity index (χ4n) is 1.73. The first-order chi connectivity index (χ1) is 9.69. The summed E-state index contributed by atoms with van der Waals surface area (Å²) in [6, 6.07) is 14.9. The quantitative estimate of drug-likeness (QED) is 0.849. The lowest BCUT2D eigenvalue weighted by Gasteiger charge is -2.08. The van der Waals surface area contributed by atoms with Crippen molar-refractivity contribution in [2.45, 2.75) is 13.5 Å². The van der Waals surface area contributed by atoms with Gasteiger partial charge >= 0.3 is 6.09 Å². The highest BCUT2D eigenvalue weighted by Crippen LogP contribution is 2.22. The van der Waals surface area contributed by atoms with E-state index in [0.717, 1.165) is 16.8 Å². The molecule has 0 atom stereocenters. The third-order valence-corrected chi connectivity index (χ3v) is 2.84. The summed E-state index contributed by atoms with van der Waals surface area (Å²) in [6.07, 6.45) is -0.493. The highest BCUT2D eigenvalue weighted by molar-refractivity contribution is 5.85. The molecule has 2 aromatic rings. The first-order valence-corrected chi connectivity index (χ1v) is 6.24. The molecule has 0 heterocycles. The van der Waals surface area contributed by atoms with Crippen molar-refractivity contribution in [1.82, 2.24) is 0 Å². The predicted octanol–water partition coefficient (Wildman–Crippen LogP) is 4.08. The van der Waals surface area contributed by atoms with Gasteiger partial charge in [-0.2, -0.15) is 0 Å². The largest absolute Gasteiger partial charge is 0.444 e. The van der Waals surface area contributed by atoms with E-state index in [9.17, 15) is 4.79 Å². The van der Waals surface area contributed by atoms with E-state index in [0.29, 0.717) is 5.69 Å². The second-order valence-corrected chi connectivity index (χ2v) is 4.35. The van der Waals surface area contributed by atoms with E-state index in [1.165, 1.54) is 0 Å². The Morgan fingerprint density at radius 1 is 1.25 bits per heavy atom. The topological polar surface area (TPSA) is 50.7 Å². The van der Waals surface area contributed by atoms with Crippen LogP contribution in [0.1, 0.15) is 11.1 Å². The number of hydrogen-bond donors (Lipinski definition) is 1. The molecule has 0 unspecified atom stereocenters. The second kappa shape index (κ2) is 6.52. The van der Waals surface area contributed by atoms with Crippen LogP contribution in [-0.2, 0) is 11.3 Å². The third-order valence-electron chi connectivity index (χ3n) is 2.84. The molecule has 0 fully saturated rings. The van der Waals surface area contributed by atoms with Crippen molar-refractivity contribution in [3.8, 4) is 0 Å². The maximum absolute atomic E-state index is 11.7. The molecule has 1 amide bonds. The molecule has 0 aliphatic carbocycles. The van der Waals surface area contributed by atoms with Gasteiger partial charge in [0.2, 0.25) is 0 Å². The van der Waals surface area contributed by atoms with Gasteiger partial charge in [0.15, 0.2) is 0 Å². The predicted molar refractivity (Wildman–Crippen MR) is 80.6 cm³/mol. The number of anilines is 1. The maximum Gasteiger partial charge on any atom is 0.411 e.